The number of halogens is 1. The number of ether oxygens (including phenoxy) is 2. The maximum atomic E-state index is 13.6. The molecule has 1 N–H and O–H groups in total. The number of rotatable bonds is 6. The third-order valence-corrected chi connectivity index (χ3v) is 3.30. The first kappa shape index (κ1) is 18.6. The van der Waals surface area contributed by atoms with E-state index in [4.69, 9.17) is 15.9 Å². The van der Waals surface area contributed by atoms with Crippen LogP contribution in [0.25, 0.3) is 6.08 Å². The van der Waals surface area contributed by atoms with E-state index in [2.05, 4.69) is 11.2 Å². The number of terminal acetylenes is 1. The van der Waals surface area contributed by atoms with Gasteiger partial charge in [-0.2, -0.15) is 5.26 Å². The van der Waals surface area contributed by atoms with Gasteiger partial charge < -0.3 is 14.8 Å². The van der Waals surface area contributed by atoms with Gasteiger partial charge in [0.2, 0.25) is 0 Å². The van der Waals surface area contributed by atoms with E-state index >= 15 is 0 Å². The first-order chi connectivity index (χ1) is 12.6. The Morgan fingerprint density at radius 2 is 2.08 bits per heavy atom. The number of anilines is 1. The van der Waals surface area contributed by atoms with Crippen molar-refractivity contribution in [2.24, 2.45) is 0 Å². The number of hydrogen-bond donors (Lipinski definition) is 1. The second-order valence-electron chi connectivity index (χ2n) is 5.01. The standard InChI is InChI=1S/C20H15FN2O3/c1-3-10-26-18-9-8-14(12-19(18)25-2)11-15(13-22)20(24)23-17-7-5-4-6-16(17)21/h1,4-9,11-12H,10H2,2H3,(H,23,24)/b15-11-. The summed E-state index contributed by atoms with van der Waals surface area (Å²) in [5, 5.41) is 11.6. The summed E-state index contributed by atoms with van der Waals surface area (Å²) in [6.45, 7) is 0.0834. The van der Waals surface area contributed by atoms with E-state index in [1.807, 2.05) is 0 Å². The summed E-state index contributed by atoms with van der Waals surface area (Å²) in [5.74, 6) is 1.89. The van der Waals surface area contributed by atoms with Gasteiger partial charge in [-0.25, -0.2) is 4.39 Å². The molecule has 26 heavy (non-hydrogen) atoms. The molecule has 0 unspecified atom stereocenters. The number of amides is 1. The fourth-order valence-corrected chi connectivity index (χ4v) is 2.08. The van der Waals surface area contributed by atoms with Crippen molar-refractivity contribution < 1.29 is 18.7 Å². The Morgan fingerprint density at radius 3 is 2.73 bits per heavy atom. The number of methoxy groups -OCH3 is 1. The van der Waals surface area contributed by atoms with Crippen molar-refractivity contribution >= 4 is 17.7 Å². The van der Waals surface area contributed by atoms with Crippen molar-refractivity contribution in [2.45, 2.75) is 0 Å². The molecular weight excluding hydrogens is 335 g/mol. The van der Waals surface area contributed by atoms with Crippen molar-refractivity contribution in [3.05, 3.63) is 59.4 Å². The highest BCUT2D eigenvalue weighted by atomic mass is 19.1. The molecule has 0 spiro atoms. The zero-order chi connectivity index (χ0) is 18.9. The molecule has 0 saturated carbocycles. The van der Waals surface area contributed by atoms with E-state index in [1.54, 1.807) is 30.3 Å². The topological polar surface area (TPSA) is 71.3 Å². The van der Waals surface area contributed by atoms with Gasteiger partial charge in [0.15, 0.2) is 11.5 Å². The summed E-state index contributed by atoms with van der Waals surface area (Å²) < 4.78 is 24.2. The van der Waals surface area contributed by atoms with Gasteiger partial charge in [0.1, 0.15) is 24.1 Å². The third kappa shape index (κ3) is 4.62. The molecule has 0 saturated heterocycles. The van der Waals surface area contributed by atoms with Crippen LogP contribution in [0.2, 0.25) is 0 Å². The molecule has 0 aliphatic carbocycles. The predicted molar refractivity (Wildman–Crippen MR) is 95.9 cm³/mol. The van der Waals surface area contributed by atoms with Crippen LogP contribution in [0.4, 0.5) is 10.1 Å². The van der Waals surface area contributed by atoms with Crippen LogP contribution in [0.3, 0.4) is 0 Å². The SMILES string of the molecule is C#CCOc1ccc(/C=C(/C#N)C(=O)Nc2ccccc2F)cc1OC. The minimum absolute atomic E-state index is 0.00531. The molecule has 130 valence electrons. The highest BCUT2D eigenvalue weighted by Gasteiger charge is 2.12. The van der Waals surface area contributed by atoms with Crippen molar-refractivity contribution in [1.29, 1.82) is 5.26 Å². The van der Waals surface area contributed by atoms with Crippen molar-refractivity contribution in [2.75, 3.05) is 19.0 Å². The molecule has 6 heteroatoms. The lowest BCUT2D eigenvalue weighted by Crippen LogP contribution is -2.14. The number of para-hydroxylation sites is 1. The van der Waals surface area contributed by atoms with Crippen LogP contribution in [0, 0.1) is 29.5 Å². The summed E-state index contributed by atoms with van der Waals surface area (Å²) in [5.41, 5.74) is 0.344. The Balaban J connectivity index is 2.25. The maximum absolute atomic E-state index is 13.6. The third-order valence-electron chi connectivity index (χ3n) is 3.30. The molecule has 0 aromatic heterocycles. The minimum atomic E-state index is -0.718. The predicted octanol–water partition coefficient (Wildman–Crippen LogP) is 3.39. The van der Waals surface area contributed by atoms with Gasteiger partial charge in [-0.1, -0.05) is 24.1 Å². The van der Waals surface area contributed by atoms with E-state index < -0.39 is 11.7 Å². The summed E-state index contributed by atoms with van der Waals surface area (Å²) in [4.78, 5) is 12.2. The van der Waals surface area contributed by atoms with Crippen LogP contribution in [0.1, 0.15) is 5.56 Å². The summed E-state index contributed by atoms with van der Waals surface area (Å²) >= 11 is 0. The zero-order valence-electron chi connectivity index (χ0n) is 14.0. The number of carbonyl (C=O) groups is 1. The van der Waals surface area contributed by atoms with E-state index in [0.717, 1.165) is 0 Å². The maximum Gasteiger partial charge on any atom is 0.266 e. The summed E-state index contributed by atoms with van der Waals surface area (Å²) in [6.07, 6.45) is 6.52. The van der Waals surface area contributed by atoms with Crippen LogP contribution >= 0.6 is 0 Å². The number of carbonyl (C=O) groups excluding carboxylic acids is 1. The molecule has 0 aliphatic rings. The van der Waals surface area contributed by atoms with Crippen LogP contribution in [0.5, 0.6) is 11.5 Å². The Bertz CT molecular complexity index is 923. The number of nitrogens with one attached hydrogen (secondary N) is 1. The number of hydrogen-bond acceptors (Lipinski definition) is 4. The second kappa shape index (κ2) is 8.91. The monoisotopic (exact) mass is 350 g/mol. The fraction of sp³-hybridized carbons (Fsp3) is 0.100. The van der Waals surface area contributed by atoms with Gasteiger partial charge in [-0.15, -0.1) is 6.42 Å². The van der Waals surface area contributed by atoms with Crippen molar-refractivity contribution in [3.8, 4) is 29.9 Å². The highest BCUT2D eigenvalue weighted by molar-refractivity contribution is 6.09. The Hall–Kier alpha value is -3.77. The van der Waals surface area contributed by atoms with Gasteiger partial charge >= 0.3 is 0 Å². The van der Waals surface area contributed by atoms with Crippen LogP contribution in [0.15, 0.2) is 48.0 Å². The Kier molecular flexibility index (Phi) is 6.36. The summed E-state index contributed by atoms with van der Waals surface area (Å²) in [7, 11) is 1.46. The average molecular weight is 350 g/mol. The van der Waals surface area contributed by atoms with Gasteiger partial charge in [-0.3, -0.25) is 4.79 Å². The van der Waals surface area contributed by atoms with Crippen molar-refractivity contribution in [3.63, 3.8) is 0 Å². The Morgan fingerprint density at radius 1 is 1.31 bits per heavy atom. The fourth-order valence-electron chi connectivity index (χ4n) is 2.08. The van der Waals surface area contributed by atoms with Gasteiger partial charge in [0.25, 0.3) is 5.91 Å². The largest absolute Gasteiger partial charge is 0.493 e. The molecule has 5 nitrogen and oxygen atoms in total. The smallest absolute Gasteiger partial charge is 0.266 e. The molecule has 0 atom stereocenters. The lowest BCUT2D eigenvalue weighted by molar-refractivity contribution is -0.112. The number of nitrogens with zero attached hydrogens (tertiary/aromatic N) is 1. The lowest BCUT2D eigenvalue weighted by atomic mass is 10.1. The molecule has 0 bridgehead atoms. The summed E-state index contributed by atoms with van der Waals surface area (Å²) in [6, 6.07) is 12.4. The van der Waals surface area contributed by atoms with Crippen molar-refractivity contribution in [1.82, 2.24) is 0 Å². The normalized spacial score (nSPS) is 10.4. The lowest BCUT2D eigenvalue weighted by Gasteiger charge is -2.09. The molecule has 0 radical (unpaired) electrons. The van der Waals surface area contributed by atoms with Crippen LogP contribution in [-0.2, 0) is 4.79 Å². The molecule has 2 aromatic carbocycles. The zero-order valence-corrected chi connectivity index (χ0v) is 14.0. The van der Waals surface area contributed by atoms with Crippen LogP contribution < -0.4 is 14.8 Å². The number of nitriles is 1. The molecule has 1 amide bonds. The van der Waals surface area contributed by atoms with Gasteiger partial charge in [0, 0.05) is 0 Å². The second-order valence-corrected chi connectivity index (χ2v) is 5.01. The first-order valence-electron chi connectivity index (χ1n) is 7.51. The molecule has 0 heterocycles. The quantitative estimate of drug-likeness (QED) is 0.492. The molecule has 2 rings (SSSR count). The van der Waals surface area contributed by atoms with E-state index in [-0.39, 0.29) is 17.9 Å². The van der Waals surface area contributed by atoms with E-state index in [1.165, 1.54) is 31.4 Å². The molecular formula is C20H15FN2O3. The Labute approximate surface area is 150 Å². The number of benzene rings is 2. The molecule has 0 aliphatic heterocycles. The van der Waals surface area contributed by atoms with E-state index in [9.17, 15) is 14.4 Å². The van der Waals surface area contributed by atoms with Gasteiger partial charge in [0.05, 0.1) is 12.8 Å². The minimum Gasteiger partial charge on any atom is -0.493 e. The highest BCUT2D eigenvalue weighted by Crippen LogP contribution is 2.29. The first-order valence-corrected chi connectivity index (χ1v) is 7.51. The molecule has 0 fully saturated rings. The van der Waals surface area contributed by atoms with E-state index in [0.29, 0.717) is 17.1 Å². The molecule has 2 aromatic rings. The average Bonchev–Trinajstić information content (AvgIpc) is 2.66. The van der Waals surface area contributed by atoms with Gasteiger partial charge in [-0.05, 0) is 35.9 Å². The van der Waals surface area contributed by atoms with Crippen LogP contribution in [-0.4, -0.2) is 19.6 Å².